The molecule has 2 aromatic heterocycles. The van der Waals surface area contributed by atoms with Gasteiger partial charge in [-0.05, 0) is 18.6 Å². The summed E-state index contributed by atoms with van der Waals surface area (Å²) in [6.07, 6.45) is 0.941. The molecule has 0 radical (unpaired) electrons. The van der Waals surface area contributed by atoms with E-state index in [1.165, 1.54) is 16.2 Å². The monoisotopic (exact) mass is 278 g/mol. The number of carbonyl (C=O) groups excluding carboxylic acids is 1. The van der Waals surface area contributed by atoms with Gasteiger partial charge in [0, 0.05) is 16.4 Å². The minimum Gasteiger partial charge on any atom is -0.359 e. The van der Waals surface area contributed by atoms with Gasteiger partial charge in [0.05, 0.1) is 4.88 Å². The predicted octanol–water partition coefficient (Wildman–Crippen LogP) is 3.85. The summed E-state index contributed by atoms with van der Waals surface area (Å²) >= 11 is 1.50. The molecule has 0 bridgehead atoms. The van der Waals surface area contributed by atoms with E-state index in [0.29, 0.717) is 10.7 Å². The van der Waals surface area contributed by atoms with E-state index >= 15 is 0 Å². The number of aromatic nitrogens is 1. The van der Waals surface area contributed by atoms with Crippen LogP contribution in [0.4, 0.5) is 5.82 Å². The number of hydrogen-bond acceptors (Lipinski definition) is 4. The summed E-state index contributed by atoms with van der Waals surface area (Å²) in [7, 11) is 0. The molecule has 0 aliphatic carbocycles. The van der Waals surface area contributed by atoms with E-state index in [9.17, 15) is 4.79 Å². The van der Waals surface area contributed by atoms with Gasteiger partial charge in [0.15, 0.2) is 5.82 Å². The second kappa shape index (κ2) is 5.17. The number of carbonyl (C=O) groups is 1. The number of nitrogens with one attached hydrogen (secondary N) is 1. The van der Waals surface area contributed by atoms with Crippen molar-refractivity contribution in [3.8, 4) is 0 Å². The van der Waals surface area contributed by atoms with Gasteiger partial charge in [0.25, 0.3) is 5.91 Å². The molecular weight excluding hydrogens is 260 g/mol. The first kappa shape index (κ1) is 13.8. The molecule has 0 atom stereocenters. The fourth-order valence-electron chi connectivity index (χ4n) is 1.56. The van der Waals surface area contributed by atoms with Crippen LogP contribution < -0.4 is 5.32 Å². The van der Waals surface area contributed by atoms with Crippen LogP contribution in [0.1, 0.15) is 48.0 Å². The van der Waals surface area contributed by atoms with Crippen molar-refractivity contribution in [2.45, 2.75) is 39.5 Å². The van der Waals surface area contributed by atoms with E-state index in [-0.39, 0.29) is 11.3 Å². The summed E-state index contributed by atoms with van der Waals surface area (Å²) in [4.78, 5) is 13.9. The van der Waals surface area contributed by atoms with Gasteiger partial charge in [0.2, 0.25) is 0 Å². The third kappa shape index (κ3) is 3.23. The summed E-state index contributed by atoms with van der Waals surface area (Å²) in [6.45, 7) is 8.17. The van der Waals surface area contributed by atoms with Crippen LogP contribution >= 0.6 is 11.3 Å². The van der Waals surface area contributed by atoms with Crippen LogP contribution in [0.2, 0.25) is 0 Å². The number of aryl methyl sites for hydroxylation is 1. The molecule has 2 aromatic rings. The summed E-state index contributed by atoms with van der Waals surface area (Å²) in [6, 6.07) is 5.58. The zero-order valence-electron chi connectivity index (χ0n) is 11.6. The number of anilines is 1. The maximum absolute atomic E-state index is 12.0. The number of hydrogen-bond donors (Lipinski definition) is 1. The quantitative estimate of drug-likeness (QED) is 0.927. The second-order valence-electron chi connectivity index (χ2n) is 5.40. The highest BCUT2D eigenvalue weighted by atomic mass is 32.1. The van der Waals surface area contributed by atoms with E-state index in [4.69, 9.17) is 4.52 Å². The summed E-state index contributed by atoms with van der Waals surface area (Å²) in [5.41, 5.74) is -0.117. The Morgan fingerprint density at radius 1 is 1.42 bits per heavy atom. The Balaban J connectivity index is 2.09. The van der Waals surface area contributed by atoms with Crippen molar-refractivity contribution in [2.75, 3.05) is 5.32 Å². The van der Waals surface area contributed by atoms with Gasteiger partial charge in [-0.2, -0.15) is 0 Å². The molecule has 1 amide bonds. The van der Waals surface area contributed by atoms with Gasteiger partial charge >= 0.3 is 0 Å². The first-order valence-electron chi connectivity index (χ1n) is 6.27. The van der Waals surface area contributed by atoms with Crippen LogP contribution in [0.5, 0.6) is 0 Å². The summed E-state index contributed by atoms with van der Waals surface area (Å²) in [5, 5.41) is 6.63. The fraction of sp³-hybridized carbons (Fsp3) is 0.429. The van der Waals surface area contributed by atoms with Crippen molar-refractivity contribution >= 4 is 23.1 Å². The zero-order chi connectivity index (χ0) is 14.0. The van der Waals surface area contributed by atoms with Gasteiger partial charge < -0.3 is 9.84 Å². The Morgan fingerprint density at radius 3 is 2.68 bits per heavy atom. The first-order valence-corrected chi connectivity index (χ1v) is 7.09. The van der Waals surface area contributed by atoms with Crippen LogP contribution in [0, 0.1) is 0 Å². The molecule has 19 heavy (non-hydrogen) atoms. The SMILES string of the molecule is CCc1ccc(C(=O)Nc2cc(C(C)(C)C)on2)s1. The third-order valence-electron chi connectivity index (χ3n) is 2.72. The van der Waals surface area contributed by atoms with Crippen LogP contribution in [0.25, 0.3) is 0 Å². The van der Waals surface area contributed by atoms with Crippen LogP contribution in [-0.2, 0) is 11.8 Å². The molecule has 102 valence electrons. The fourth-order valence-corrected chi connectivity index (χ4v) is 2.40. The molecular formula is C14H18N2O2S. The van der Waals surface area contributed by atoms with E-state index in [0.717, 1.165) is 12.2 Å². The maximum Gasteiger partial charge on any atom is 0.266 e. The lowest BCUT2D eigenvalue weighted by molar-refractivity contribution is 0.102. The van der Waals surface area contributed by atoms with Gasteiger partial charge in [-0.1, -0.05) is 32.9 Å². The summed E-state index contributed by atoms with van der Waals surface area (Å²) < 4.78 is 5.23. The number of thiophene rings is 1. The van der Waals surface area contributed by atoms with Crippen molar-refractivity contribution in [3.63, 3.8) is 0 Å². The van der Waals surface area contributed by atoms with Gasteiger partial charge in [-0.3, -0.25) is 4.79 Å². The normalized spacial score (nSPS) is 11.6. The Morgan fingerprint density at radius 2 is 2.16 bits per heavy atom. The minimum absolute atomic E-state index is 0.117. The molecule has 0 unspecified atom stereocenters. The Labute approximate surface area is 116 Å². The number of rotatable bonds is 3. The van der Waals surface area contributed by atoms with Crippen molar-refractivity contribution in [1.82, 2.24) is 5.16 Å². The lowest BCUT2D eigenvalue weighted by Crippen LogP contribution is -2.11. The lowest BCUT2D eigenvalue weighted by Gasteiger charge is -2.11. The molecule has 0 saturated heterocycles. The van der Waals surface area contributed by atoms with Crippen molar-refractivity contribution in [1.29, 1.82) is 0 Å². The average Bonchev–Trinajstić information content (AvgIpc) is 2.95. The van der Waals surface area contributed by atoms with E-state index in [1.54, 1.807) is 6.07 Å². The average molecular weight is 278 g/mol. The largest absolute Gasteiger partial charge is 0.359 e. The molecule has 0 saturated carbocycles. The topological polar surface area (TPSA) is 55.1 Å². The maximum atomic E-state index is 12.0. The standard InChI is InChI=1S/C14H18N2O2S/c1-5-9-6-7-10(19-9)13(17)15-12-8-11(18-16-12)14(2,3)4/h6-8H,5H2,1-4H3,(H,15,16,17). The Kier molecular flexibility index (Phi) is 3.75. The van der Waals surface area contributed by atoms with Crippen molar-refractivity contribution in [3.05, 3.63) is 33.7 Å². The smallest absolute Gasteiger partial charge is 0.266 e. The zero-order valence-corrected chi connectivity index (χ0v) is 12.4. The minimum atomic E-state index is -0.140. The lowest BCUT2D eigenvalue weighted by atomic mass is 9.93. The molecule has 0 aliphatic heterocycles. The molecule has 0 aromatic carbocycles. The van der Waals surface area contributed by atoms with Crippen LogP contribution in [-0.4, -0.2) is 11.1 Å². The van der Waals surface area contributed by atoms with Gasteiger partial charge in [-0.15, -0.1) is 11.3 Å². The Bertz CT molecular complexity index is 578. The third-order valence-corrected chi connectivity index (χ3v) is 3.95. The molecule has 1 N–H and O–H groups in total. The highest BCUT2D eigenvalue weighted by Crippen LogP contribution is 2.25. The van der Waals surface area contributed by atoms with Gasteiger partial charge in [-0.25, -0.2) is 0 Å². The van der Waals surface area contributed by atoms with E-state index in [1.807, 2.05) is 32.9 Å². The molecule has 5 heteroatoms. The van der Waals surface area contributed by atoms with E-state index in [2.05, 4.69) is 17.4 Å². The highest BCUT2D eigenvalue weighted by molar-refractivity contribution is 7.14. The van der Waals surface area contributed by atoms with Gasteiger partial charge in [0.1, 0.15) is 5.76 Å². The second-order valence-corrected chi connectivity index (χ2v) is 6.57. The Hall–Kier alpha value is -1.62. The molecule has 2 rings (SSSR count). The van der Waals surface area contributed by atoms with Crippen LogP contribution in [0.15, 0.2) is 22.7 Å². The predicted molar refractivity (Wildman–Crippen MR) is 76.9 cm³/mol. The van der Waals surface area contributed by atoms with Crippen molar-refractivity contribution in [2.24, 2.45) is 0 Å². The molecule has 4 nitrogen and oxygen atoms in total. The van der Waals surface area contributed by atoms with E-state index < -0.39 is 0 Å². The van der Waals surface area contributed by atoms with Crippen molar-refractivity contribution < 1.29 is 9.32 Å². The molecule has 0 spiro atoms. The molecule has 2 heterocycles. The molecule has 0 fully saturated rings. The number of nitrogens with zero attached hydrogens (tertiary/aromatic N) is 1. The van der Waals surface area contributed by atoms with Crippen LogP contribution in [0.3, 0.4) is 0 Å². The first-order chi connectivity index (χ1) is 8.90. The highest BCUT2D eigenvalue weighted by Gasteiger charge is 2.20. The number of amides is 1. The molecule has 0 aliphatic rings. The summed E-state index contributed by atoms with van der Waals surface area (Å²) in [5.74, 6) is 1.07.